The van der Waals surface area contributed by atoms with Crippen molar-refractivity contribution in [3.63, 3.8) is 0 Å². The summed E-state index contributed by atoms with van der Waals surface area (Å²) in [6, 6.07) is 11.8. The Morgan fingerprint density at radius 2 is 1.88 bits per heavy atom. The van der Waals surface area contributed by atoms with Crippen molar-refractivity contribution in [1.82, 2.24) is 5.43 Å². The Labute approximate surface area is 160 Å². The van der Waals surface area contributed by atoms with Crippen LogP contribution in [0.2, 0.25) is 0 Å². The molecular formula is C20H25N3O2S. The van der Waals surface area contributed by atoms with Gasteiger partial charge < -0.3 is 14.8 Å². The fraction of sp³-hybridized carbons (Fsp3) is 0.300. The van der Waals surface area contributed by atoms with Crippen LogP contribution in [0.3, 0.4) is 0 Å². The van der Waals surface area contributed by atoms with E-state index in [-0.39, 0.29) is 0 Å². The lowest BCUT2D eigenvalue weighted by Gasteiger charge is -2.12. The molecule has 2 aromatic carbocycles. The normalized spacial score (nSPS) is 10.6. The second-order valence-corrected chi connectivity index (χ2v) is 6.26. The lowest BCUT2D eigenvalue weighted by Crippen LogP contribution is -2.24. The van der Waals surface area contributed by atoms with Gasteiger partial charge in [0.25, 0.3) is 0 Å². The van der Waals surface area contributed by atoms with E-state index in [2.05, 4.69) is 22.8 Å². The van der Waals surface area contributed by atoms with Crippen molar-refractivity contribution in [2.75, 3.05) is 19.0 Å². The van der Waals surface area contributed by atoms with E-state index < -0.39 is 0 Å². The molecule has 0 aliphatic rings. The van der Waals surface area contributed by atoms with E-state index in [0.717, 1.165) is 34.5 Å². The average Bonchev–Trinajstić information content (AvgIpc) is 2.63. The zero-order valence-corrected chi connectivity index (χ0v) is 16.4. The maximum absolute atomic E-state index is 5.65. The number of para-hydroxylation sites is 1. The van der Waals surface area contributed by atoms with Crippen LogP contribution < -0.4 is 20.2 Å². The fourth-order valence-corrected chi connectivity index (χ4v) is 2.57. The Morgan fingerprint density at radius 3 is 2.54 bits per heavy atom. The van der Waals surface area contributed by atoms with Gasteiger partial charge in [-0.05, 0) is 67.4 Å². The molecule has 0 saturated heterocycles. The van der Waals surface area contributed by atoms with Crippen LogP contribution in [-0.4, -0.2) is 25.0 Å². The maximum Gasteiger partial charge on any atom is 0.191 e. The highest BCUT2D eigenvalue weighted by Crippen LogP contribution is 2.27. The maximum atomic E-state index is 5.65. The molecule has 0 aliphatic heterocycles. The molecule has 0 radical (unpaired) electrons. The SMILES string of the molecule is CCCOc1ccc(/C=N\NC(=S)Nc2c(C)cccc2C)cc1OC. The van der Waals surface area contributed by atoms with Crippen molar-refractivity contribution in [2.24, 2.45) is 5.10 Å². The molecule has 6 heteroatoms. The largest absolute Gasteiger partial charge is 0.493 e. The minimum Gasteiger partial charge on any atom is -0.493 e. The van der Waals surface area contributed by atoms with E-state index in [9.17, 15) is 0 Å². The van der Waals surface area contributed by atoms with Crippen LogP contribution in [-0.2, 0) is 0 Å². The molecule has 0 aliphatic carbocycles. The van der Waals surface area contributed by atoms with Crippen molar-refractivity contribution in [2.45, 2.75) is 27.2 Å². The highest BCUT2D eigenvalue weighted by Gasteiger charge is 2.05. The van der Waals surface area contributed by atoms with E-state index in [1.807, 2.05) is 50.2 Å². The van der Waals surface area contributed by atoms with E-state index in [4.69, 9.17) is 21.7 Å². The summed E-state index contributed by atoms with van der Waals surface area (Å²) < 4.78 is 11.0. The number of nitrogens with zero attached hydrogens (tertiary/aromatic N) is 1. The topological polar surface area (TPSA) is 54.9 Å². The van der Waals surface area contributed by atoms with Crippen molar-refractivity contribution in [3.8, 4) is 11.5 Å². The molecule has 0 fully saturated rings. The number of ether oxygens (including phenoxy) is 2. The lowest BCUT2D eigenvalue weighted by molar-refractivity contribution is 0.294. The summed E-state index contributed by atoms with van der Waals surface area (Å²) in [7, 11) is 1.62. The van der Waals surface area contributed by atoms with Gasteiger partial charge in [0.05, 0.1) is 19.9 Å². The third-order valence-electron chi connectivity index (χ3n) is 3.75. The third-order valence-corrected chi connectivity index (χ3v) is 3.94. The van der Waals surface area contributed by atoms with E-state index in [1.54, 1.807) is 13.3 Å². The number of hydrogen-bond donors (Lipinski definition) is 2. The van der Waals surface area contributed by atoms with E-state index in [1.165, 1.54) is 0 Å². The second kappa shape index (κ2) is 9.77. The molecular weight excluding hydrogens is 346 g/mol. The Balaban J connectivity index is 1.98. The summed E-state index contributed by atoms with van der Waals surface area (Å²) in [5, 5.41) is 7.81. The van der Waals surface area contributed by atoms with E-state index in [0.29, 0.717) is 17.5 Å². The summed E-state index contributed by atoms with van der Waals surface area (Å²) in [5.41, 5.74) is 6.98. The van der Waals surface area contributed by atoms with Crippen LogP contribution in [0.15, 0.2) is 41.5 Å². The number of anilines is 1. The fourth-order valence-electron chi connectivity index (χ4n) is 2.41. The highest BCUT2D eigenvalue weighted by molar-refractivity contribution is 7.80. The van der Waals surface area contributed by atoms with E-state index >= 15 is 0 Å². The second-order valence-electron chi connectivity index (χ2n) is 5.85. The summed E-state index contributed by atoms with van der Waals surface area (Å²) in [4.78, 5) is 0. The lowest BCUT2D eigenvalue weighted by atomic mass is 10.1. The number of hydrogen-bond acceptors (Lipinski definition) is 4. The molecule has 0 spiro atoms. The van der Waals surface area contributed by atoms with Gasteiger partial charge in [-0.25, -0.2) is 0 Å². The first-order chi connectivity index (χ1) is 12.5. The van der Waals surface area contributed by atoms with Gasteiger partial charge in [-0.3, -0.25) is 5.43 Å². The number of hydrazone groups is 1. The summed E-state index contributed by atoms with van der Waals surface area (Å²) >= 11 is 5.31. The zero-order valence-electron chi connectivity index (χ0n) is 15.6. The van der Waals surface area contributed by atoms with Crippen molar-refractivity contribution in [1.29, 1.82) is 0 Å². The summed E-state index contributed by atoms with van der Waals surface area (Å²) in [6.07, 6.45) is 2.63. The van der Waals surface area contributed by atoms with Crippen molar-refractivity contribution >= 4 is 29.2 Å². The number of rotatable bonds is 7. The molecule has 0 atom stereocenters. The molecule has 5 nitrogen and oxygen atoms in total. The molecule has 2 rings (SSSR count). The number of nitrogens with one attached hydrogen (secondary N) is 2. The molecule has 0 heterocycles. The highest BCUT2D eigenvalue weighted by atomic mass is 32.1. The first-order valence-corrected chi connectivity index (χ1v) is 8.93. The van der Waals surface area contributed by atoms with Gasteiger partial charge in [-0.2, -0.15) is 5.10 Å². The smallest absolute Gasteiger partial charge is 0.191 e. The number of aryl methyl sites for hydroxylation is 2. The Hall–Kier alpha value is -2.60. The first-order valence-electron chi connectivity index (χ1n) is 8.52. The van der Waals surface area contributed by atoms with Gasteiger partial charge in [-0.1, -0.05) is 25.1 Å². The Kier molecular flexibility index (Phi) is 7.41. The minimum absolute atomic E-state index is 0.438. The van der Waals surface area contributed by atoms with Crippen LogP contribution in [0.4, 0.5) is 5.69 Å². The van der Waals surface area contributed by atoms with Crippen molar-refractivity contribution in [3.05, 3.63) is 53.1 Å². The summed E-state index contributed by atoms with van der Waals surface area (Å²) in [6.45, 7) is 6.80. The third kappa shape index (κ3) is 5.46. The molecule has 0 bridgehead atoms. The average molecular weight is 372 g/mol. The van der Waals surface area contributed by atoms with Gasteiger partial charge in [0.2, 0.25) is 0 Å². The predicted octanol–water partition coefficient (Wildman–Crippen LogP) is 4.42. The zero-order chi connectivity index (χ0) is 18.9. The predicted molar refractivity (Wildman–Crippen MR) is 112 cm³/mol. The van der Waals surface area contributed by atoms with Gasteiger partial charge in [0, 0.05) is 5.69 Å². The number of thiocarbonyl (C=S) groups is 1. The van der Waals surface area contributed by atoms with Gasteiger partial charge >= 0.3 is 0 Å². The van der Waals surface area contributed by atoms with Crippen LogP contribution in [0.25, 0.3) is 0 Å². The molecule has 0 amide bonds. The Morgan fingerprint density at radius 1 is 1.15 bits per heavy atom. The Bertz CT molecular complexity index is 770. The molecule has 0 aromatic heterocycles. The number of benzene rings is 2. The van der Waals surface area contributed by atoms with Crippen LogP contribution in [0.5, 0.6) is 11.5 Å². The molecule has 138 valence electrons. The van der Waals surface area contributed by atoms with Crippen molar-refractivity contribution < 1.29 is 9.47 Å². The van der Waals surface area contributed by atoms with Gasteiger partial charge in [0.15, 0.2) is 16.6 Å². The number of methoxy groups -OCH3 is 1. The monoisotopic (exact) mass is 371 g/mol. The minimum atomic E-state index is 0.438. The quantitative estimate of drug-likeness (QED) is 0.429. The standard InChI is InChI=1S/C20H25N3O2S/c1-5-11-25-17-10-9-16(12-18(17)24-4)13-21-23-20(26)22-19-14(2)7-6-8-15(19)3/h6-10,12-13H,5,11H2,1-4H3,(H2,22,23,26)/b21-13-. The molecule has 26 heavy (non-hydrogen) atoms. The summed E-state index contributed by atoms with van der Waals surface area (Å²) in [5.74, 6) is 1.41. The molecule has 2 N–H and O–H groups in total. The van der Waals surface area contributed by atoms with Crippen LogP contribution in [0, 0.1) is 13.8 Å². The van der Waals surface area contributed by atoms with Gasteiger partial charge in [0.1, 0.15) is 0 Å². The molecule has 0 saturated carbocycles. The molecule has 0 unspecified atom stereocenters. The molecule has 2 aromatic rings. The van der Waals surface area contributed by atoms with Gasteiger partial charge in [-0.15, -0.1) is 0 Å². The van der Waals surface area contributed by atoms with Crippen LogP contribution in [0.1, 0.15) is 30.0 Å². The first kappa shape index (κ1) is 19.7. The van der Waals surface area contributed by atoms with Crippen LogP contribution >= 0.6 is 12.2 Å².